The van der Waals surface area contributed by atoms with Gasteiger partial charge in [-0.2, -0.15) is 0 Å². The minimum absolute atomic E-state index is 0.0424. The molecule has 1 aromatic heterocycles. The molecule has 0 radical (unpaired) electrons. The van der Waals surface area contributed by atoms with Crippen molar-refractivity contribution in [1.29, 1.82) is 0 Å². The highest BCUT2D eigenvalue weighted by atomic mass is 16.5. The largest absolute Gasteiger partial charge is 0.485 e. The molecule has 1 unspecified atom stereocenters. The van der Waals surface area contributed by atoms with Crippen LogP contribution in [0.1, 0.15) is 53.4 Å². The Hall–Kier alpha value is -2.86. The van der Waals surface area contributed by atoms with E-state index in [4.69, 9.17) is 13.9 Å². The first-order valence-electron chi connectivity index (χ1n) is 10.8. The summed E-state index contributed by atoms with van der Waals surface area (Å²) < 4.78 is 16.1. The first-order chi connectivity index (χ1) is 14.9. The molecule has 31 heavy (non-hydrogen) atoms. The van der Waals surface area contributed by atoms with Gasteiger partial charge in [0.25, 0.3) is 0 Å². The molecule has 0 amide bonds. The van der Waals surface area contributed by atoms with Crippen LogP contribution in [0.25, 0.3) is 6.08 Å². The average molecular weight is 424 g/mol. The number of aryl methyl sites for hydroxylation is 1. The molecular formula is C25H29NO5. The number of carbonyl (C=O) groups is 1. The number of esters is 1. The predicted molar refractivity (Wildman–Crippen MR) is 118 cm³/mol. The third-order valence-corrected chi connectivity index (χ3v) is 6.38. The molecule has 0 saturated heterocycles. The molecule has 2 aliphatic rings. The molecule has 1 aromatic carbocycles. The van der Waals surface area contributed by atoms with E-state index >= 15 is 0 Å². The van der Waals surface area contributed by atoms with E-state index in [-0.39, 0.29) is 17.7 Å². The van der Waals surface area contributed by atoms with Crippen molar-refractivity contribution in [2.24, 2.45) is 11.8 Å². The van der Waals surface area contributed by atoms with Gasteiger partial charge in [0.2, 0.25) is 0 Å². The molecule has 0 bridgehead atoms. The fourth-order valence-corrected chi connectivity index (χ4v) is 4.51. The van der Waals surface area contributed by atoms with Crippen LogP contribution < -0.4 is 15.7 Å². The second-order valence-corrected chi connectivity index (χ2v) is 8.58. The van der Waals surface area contributed by atoms with Crippen molar-refractivity contribution in [3.63, 3.8) is 0 Å². The molecule has 6 nitrogen and oxygen atoms in total. The molecule has 0 spiro atoms. The number of hydrogen-bond acceptors (Lipinski definition) is 6. The number of fused-ring (bicyclic) bond motifs is 2. The van der Waals surface area contributed by atoms with Crippen molar-refractivity contribution >= 4 is 12.0 Å². The maximum atomic E-state index is 12.1. The number of carbonyl (C=O) groups excluding carboxylic acids is 1. The number of ether oxygens (including phenoxy) is 2. The van der Waals surface area contributed by atoms with Gasteiger partial charge in [-0.05, 0) is 73.9 Å². The molecule has 3 atom stereocenters. The van der Waals surface area contributed by atoms with Crippen LogP contribution >= 0.6 is 0 Å². The fraction of sp³-hybridized carbons (Fsp3) is 0.440. The quantitative estimate of drug-likeness (QED) is 0.705. The lowest BCUT2D eigenvalue weighted by atomic mass is 9.76. The number of methoxy groups -OCH3 is 1. The molecule has 4 rings (SSSR count). The van der Waals surface area contributed by atoms with Crippen molar-refractivity contribution in [3.05, 3.63) is 68.8 Å². The topological polar surface area (TPSA) is 77.8 Å². The zero-order valence-corrected chi connectivity index (χ0v) is 18.3. The Bertz CT molecular complexity index is 1040. The van der Waals surface area contributed by atoms with E-state index < -0.39 is 0 Å². The van der Waals surface area contributed by atoms with Crippen LogP contribution in [0, 0.1) is 18.8 Å². The molecule has 2 aromatic rings. The fourth-order valence-electron chi connectivity index (χ4n) is 4.51. The minimum Gasteiger partial charge on any atom is -0.485 e. The summed E-state index contributed by atoms with van der Waals surface area (Å²) in [6.07, 6.45) is 5.02. The zero-order valence-electron chi connectivity index (χ0n) is 18.3. The van der Waals surface area contributed by atoms with Gasteiger partial charge in [0.1, 0.15) is 23.2 Å². The van der Waals surface area contributed by atoms with E-state index in [9.17, 15) is 9.59 Å². The molecule has 164 valence electrons. The maximum absolute atomic E-state index is 12.1. The van der Waals surface area contributed by atoms with Crippen LogP contribution in [0.15, 0.2) is 45.1 Å². The Morgan fingerprint density at radius 3 is 2.81 bits per heavy atom. The van der Waals surface area contributed by atoms with Crippen LogP contribution in [0.3, 0.4) is 0 Å². The highest BCUT2D eigenvalue weighted by molar-refractivity contribution is 5.89. The summed E-state index contributed by atoms with van der Waals surface area (Å²) in [7, 11) is 1.39. The van der Waals surface area contributed by atoms with Gasteiger partial charge in [-0.25, -0.2) is 9.59 Å². The standard InChI is InChI=1S/C25H29NO5/c1-15(13-26-14-17-4-6-18(7-5-17)24(27)29-3)19-8-9-20-11-21-23(31-22(20)12-19)10-16(2)30-25(21)28/h4-7,10-11,15,19,22,26H,8-9,12-14H2,1-3H3/t15?,19-,22-/m0/s1. The SMILES string of the molecule is COC(=O)c1ccc(CNCC(C)[C@H]2CCC3=Cc4c(cc(C)oc4=O)O[C@H]3C2)cc1. The highest BCUT2D eigenvalue weighted by Crippen LogP contribution is 2.40. The number of hydrogen-bond donors (Lipinski definition) is 1. The van der Waals surface area contributed by atoms with Gasteiger partial charge in [-0.1, -0.05) is 19.1 Å². The van der Waals surface area contributed by atoms with Crippen LogP contribution in [0.4, 0.5) is 0 Å². The van der Waals surface area contributed by atoms with Crippen LogP contribution in [0.2, 0.25) is 0 Å². The van der Waals surface area contributed by atoms with Crippen LogP contribution in [-0.4, -0.2) is 25.7 Å². The number of benzene rings is 1. The monoisotopic (exact) mass is 423 g/mol. The van der Waals surface area contributed by atoms with E-state index in [0.29, 0.717) is 34.5 Å². The maximum Gasteiger partial charge on any atom is 0.346 e. The highest BCUT2D eigenvalue weighted by Gasteiger charge is 2.33. The summed E-state index contributed by atoms with van der Waals surface area (Å²) >= 11 is 0. The van der Waals surface area contributed by atoms with Gasteiger partial charge in [0.15, 0.2) is 0 Å². The van der Waals surface area contributed by atoms with E-state index in [1.165, 1.54) is 12.7 Å². The molecule has 2 heterocycles. The van der Waals surface area contributed by atoms with E-state index in [2.05, 4.69) is 12.2 Å². The number of nitrogens with one attached hydrogen (secondary N) is 1. The summed E-state index contributed by atoms with van der Waals surface area (Å²) in [5.74, 6) is 1.96. The number of rotatable bonds is 6. The lowest BCUT2D eigenvalue weighted by Gasteiger charge is -2.37. The van der Waals surface area contributed by atoms with Gasteiger partial charge in [0.05, 0.1) is 12.7 Å². The lowest BCUT2D eigenvalue weighted by Crippen LogP contribution is -2.36. The minimum atomic E-state index is -0.319. The first kappa shape index (κ1) is 21.4. The zero-order chi connectivity index (χ0) is 22.0. The van der Waals surface area contributed by atoms with Crippen molar-refractivity contribution in [1.82, 2.24) is 5.32 Å². The smallest absolute Gasteiger partial charge is 0.346 e. The molecule has 1 fully saturated rings. The molecule has 1 saturated carbocycles. The Morgan fingerprint density at radius 1 is 1.29 bits per heavy atom. The Kier molecular flexibility index (Phi) is 6.28. The molecular weight excluding hydrogens is 394 g/mol. The molecule has 1 aliphatic carbocycles. The molecule has 6 heteroatoms. The summed E-state index contributed by atoms with van der Waals surface area (Å²) in [6, 6.07) is 9.30. The van der Waals surface area contributed by atoms with Gasteiger partial charge in [-0.3, -0.25) is 0 Å². The van der Waals surface area contributed by atoms with Crippen molar-refractivity contribution in [2.45, 2.75) is 45.8 Å². The molecule has 1 N–H and O–H groups in total. The van der Waals surface area contributed by atoms with Gasteiger partial charge >= 0.3 is 11.6 Å². The Morgan fingerprint density at radius 2 is 2.06 bits per heavy atom. The van der Waals surface area contributed by atoms with Crippen molar-refractivity contribution < 1.29 is 18.7 Å². The average Bonchev–Trinajstić information content (AvgIpc) is 2.77. The summed E-state index contributed by atoms with van der Waals surface area (Å²) in [6.45, 7) is 5.72. The van der Waals surface area contributed by atoms with Crippen LogP contribution in [0.5, 0.6) is 5.75 Å². The predicted octanol–water partition coefficient (Wildman–Crippen LogP) is 4.11. The third-order valence-electron chi connectivity index (χ3n) is 6.38. The van der Waals surface area contributed by atoms with Gasteiger partial charge < -0.3 is 19.2 Å². The van der Waals surface area contributed by atoms with E-state index in [1.807, 2.05) is 24.3 Å². The normalized spacial score (nSPS) is 20.7. The Balaban J connectivity index is 1.31. The Labute approximate surface area is 182 Å². The van der Waals surface area contributed by atoms with E-state index in [1.54, 1.807) is 19.1 Å². The van der Waals surface area contributed by atoms with Crippen LogP contribution in [-0.2, 0) is 11.3 Å². The second-order valence-electron chi connectivity index (χ2n) is 8.58. The second kappa shape index (κ2) is 9.10. The van der Waals surface area contributed by atoms with Gasteiger partial charge in [0, 0.05) is 12.6 Å². The van der Waals surface area contributed by atoms with E-state index in [0.717, 1.165) is 37.9 Å². The lowest BCUT2D eigenvalue weighted by molar-refractivity contribution is 0.0600. The first-order valence-corrected chi connectivity index (χ1v) is 10.8. The molecule has 1 aliphatic heterocycles. The van der Waals surface area contributed by atoms with Crippen molar-refractivity contribution in [3.8, 4) is 5.75 Å². The summed E-state index contributed by atoms with van der Waals surface area (Å²) in [5.41, 5.74) is 3.12. The summed E-state index contributed by atoms with van der Waals surface area (Å²) in [5, 5.41) is 3.54. The van der Waals surface area contributed by atoms with Gasteiger partial charge in [-0.15, -0.1) is 0 Å². The summed E-state index contributed by atoms with van der Waals surface area (Å²) in [4.78, 5) is 23.6. The third kappa shape index (κ3) is 4.74. The van der Waals surface area contributed by atoms with Crippen molar-refractivity contribution in [2.75, 3.05) is 13.7 Å².